The molecule has 1 aliphatic rings. The number of Topliss-reactive ketones (excluding diaryl/α,β-unsaturated/α-hetero) is 1. The van der Waals surface area contributed by atoms with Crippen molar-refractivity contribution in [3.63, 3.8) is 0 Å². The second-order valence-electron chi connectivity index (χ2n) is 4.01. The van der Waals surface area contributed by atoms with E-state index >= 15 is 0 Å². The normalized spacial score (nSPS) is 26.4. The molecule has 0 N–H and O–H groups in total. The van der Waals surface area contributed by atoms with Crippen molar-refractivity contribution in [2.24, 2.45) is 0 Å². The molecule has 0 bridgehead atoms. The first kappa shape index (κ1) is 13.6. The first-order valence-electron chi connectivity index (χ1n) is 5.71. The summed E-state index contributed by atoms with van der Waals surface area (Å²) in [5, 5.41) is 0. The number of alkyl halides is 1. The number of ether oxygens (including phenoxy) is 3. The van der Waals surface area contributed by atoms with E-state index in [2.05, 4.69) is 4.74 Å². The third-order valence-corrected chi connectivity index (χ3v) is 2.73. The molecule has 1 saturated heterocycles. The number of rotatable bonds is 4. The molecule has 0 aliphatic carbocycles. The van der Waals surface area contributed by atoms with Crippen LogP contribution < -0.4 is 0 Å². The molecule has 0 amide bonds. The summed E-state index contributed by atoms with van der Waals surface area (Å²) in [5.41, 5.74) is 0.352. The molecular formula is C13H13FO5. The zero-order valence-corrected chi connectivity index (χ0v) is 10.2. The topological polar surface area (TPSA) is 61.8 Å². The zero-order valence-electron chi connectivity index (χ0n) is 10.2. The minimum atomic E-state index is -1.84. The van der Waals surface area contributed by atoms with Gasteiger partial charge in [-0.2, -0.15) is 0 Å². The van der Waals surface area contributed by atoms with E-state index in [1.807, 2.05) is 0 Å². The van der Waals surface area contributed by atoms with Gasteiger partial charge in [-0.1, -0.05) is 18.2 Å². The van der Waals surface area contributed by atoms with Crippen molar-refractivity contribution in [3.05, 3.63) is 35.9 Å². The molecule has 1 aromatic rings. The highest BCUT2D eigenvalue weighted by Crippen LogP contribution is 2.21. The van der Waals surface area contributed by atoms with Crippen LogP contribution in [-0.4, -0.2) is 44.0 Å². The molecule has 0 spiro atoms. The van der Waals surface area contributed by atoms with Crippen molar-refractivity contribution in [2.75, 3.05) is 13.7 Å². The standard InChI is InChI=1S/C13H13FO5/c1-17-13-11(15)10(14)9(19-13)7-18-12(16)8-5-3-2-4-6-8/h2-6,9-10,13H,7H2,1H3. The van der Waals surface area contributed by atoms with E-state index < -0.39 is 30.3 Å². The van der Waals surface area contributed by atoms with Crippen molar-refractivity contribution in [1.29, 1.82) is 0 Å². The van der Waals surface area contributed by atoms with Gasteiger partial charge in [-0.15, -0.1) is 0 Å². The Bertz CT molecular complexity index is 461. The van der Waals surface area contributed by atoms with Crippen LogP contribution in [0.25, 0.3) is 0 Å². The average molecular weight is 268 g/mol. The summed E-state index contributed by atoms with van der Waals surface area (Å²) < 4.78 is 28.1. The molecule has 3 atom stereocenters. The molecule has 1 heterocycles. The highest BCUT2D eigenvalue weighted by atomic mass is 19.1. The van der Waals surface area contributed by atoms with Gasteiger partial charge < -0.3 is 14.2 Å². The Morgan fingerprint density at radius 1 is 1.37 bits per heavy atom. The highest BCUT2D eigenvalue weighted by molar-refractivity contribution is 5.90. The molecule has 6 heteroatoms. The van der Waals surface area contributed by atoms with Crippen LogP contribution in [-0.2, 0) is 19.0 Å². The van der Waals surface area contributed by atoms with E-state index in [1.165, 1.54) is 7.11 Å². The lowest BCUT2D eigenvalue weighted by molar-refractivity contribution is -0.152. The number of carbonyl (C=O) groups excluding carboxylic acids is 2. The van der Waals surface area contributed by atoms with Crippen molar-refractivity contribution in [1.82, 2.24) is 0 Å². The van der Waals surface area contributed by atoms with Gasteiger partial charge in [0.05, 0.1) is 5.56 Å². The molecule has 1 aromatic carbocycles. The lowest BCUT2D eigenvalue weighted by atomic mass is 10.2. The third-order valence-electron chi connectivity index (χ3n) is 2.73. The van der Waals surface area contributed by atoms with E-state index in [1.54, 1.807) is 30.3 Å². The largest absolute Gasteiger partial charge is 0.459 e. The number of ketones is 1. The van der Waals surface area contributed by atoms with Crippen molar-refractivity contribution in [3.8, 4) is 0 Å². The highest BCUT2D eigenvalue weighted by Gasteiger charge is 2.44. The molecule has 0 radical (unpaired) electrons. The molecule has 5 nitrogen and oxygen atoms in total. The van der Waals surface area contributed by atoms with Crippen molar-refractivity contribution >= 4 is 11.8 Å². The minimum absolute atomic E-state index is 0.333. The summed E-state index contributed by atoms with van der Waals surface area (Å²) >= 11 is 0. The number of hydrogen-bond acceptors (Lipinski definition) is 5. The van der Waals surface area contributed by atoms with Crippen LogP contribution in [0.5, 0.6) is 0 Å². The first-order valence-corrected chi connectivity index (χ1v) is 5.71. The predicted octanol–water partition coefficient (Wildman–Crippen LogP) is 1.12. The van der Waals surface area contributed by atoms with Gasteiger partial charge in [0.2, 0.25) is 12.1 Å². The first-order chi connectivity index (χ1) is 9.13. The summed E-state index contributed by atoms with van der Waals surface area (Å²) in [6, 6.07) is 8.29. The summed E-state index contributed by atoms with van der Waals surface area (Å²) in [4.78, 5) is 22.9. The Balaban J connectivity index is 1.90. The van der Waals surface area contributed by atoms with E-state index in [9.17, 15) is 14.0 Å². The fourth-order valence-electron chi connectivity index (χ4n) is 1.72. The van der Waals surface area contributed by atoms with Gasteiger partial charge in [0.15, 0.2) is 6.17 Å². The van der Waals surface area contributed by atoms with Gasteiger partial charge in [0.25, 0.3) is 0 Å². The Kier molecular flexibility index (Phi) is 4.24. The average Bonchev–Trinajstić information content (AvgIpc) is 2.73. The zero-order chi connectivity index (χ0) is 13.8. The molecule has 1 aliphatic heterocycles. The molecular weight excluding hydrogens is 255 g/mol. The van der Waals surface area contributed by atoms with Crippen molar-refractivity contribution < 1.29 is 28.2 Å². The van der Waals surface area contributed by atoms with Gasteiger partial charge in [0, 0.05) is 7.11 Å². The SMILES string of the molecule is COC1OC(COC(=O)c2ccccc2)C(F)C1=O. The Labute approximate surface area is 109 Å². The number of carbonyl (C=O) groups is 2. The summed E-state index contributed by atoms with van der Waals surface area (Å²) in [6.45, 7) is -0.333. The Morgan fingerprint density at radius 2 is 2.05 bits per heavy atom. The van der Waals surface area contributed by atoms with Crippen LogP contribution in [0.1, 0.15) is 10.4 Å². The summed E-state index contributed by atoms with van der Waals surface area (Å²) in [5.74, 6) is -1.38. The fourth-order valence-corrected chi connectivity index (χ4v) is 1.72. The molecule has 2 rings (SSSR count). The predicted molar refractivity (Wildman–Crippen MR) is 62.3 cm³/mol. The molecule has 19 heavy (non-hydrogen) atoms. The van der Waals surface area contributed by atoms with Crippen LogP contribution in [0.4, 0.5) is 4.39 Å². The van der Waals surface area contributed by atoms with Crippen LogP contribution >= 0.6 is 0 Å². The minimum Gasteiger partial charge on any atom is -0.459 e. The van der Waals surface area contributed by atoms with Crippen LogP contribution in [0.2, 0.25) is 0 Å². The smallest absolute Gasteiger partial charge is 0.338 e. The molecule has 0 saturated carbocycles. The summed E-state index contributed by atoms with van der Waals surface area (Å²) in [7, 11) is 1.24. The van der Waals surface area contributed by atoms with E-state index in [4.69, 9.17) is 9.47 Å². The van der Waals surface area contributed by atoms with Gasteiger partial charge in [-0.3, -0.25) is 4.79 Å². The number of esters is 1. The Morgan fingerprint density at radius 3 is 2.63 bits per heavy atom. The third kappa shape index (κ3) is 2.97. The molecule has 102 valence electrons. The van der Waals surface area contributed by atoms with E-state index in [0.717, 1.165) is 0 Å². The molecule has 3 unspecified atom stereocenters. The maximum atomic E-state index is 13.5. The van der Waals surface area contributed by atoms with Gasteiger partial charge in [-0.25, -0.2) is 9.18 Å². The molecule has 0 aromatic heterocycles. The second kappa shape index (κ2) is 5.90. The quantitative estimate of drug-likeness (QED) is 0.766. The van der Waals surface area contributed by atoms with Crippen LogP contribution in [0.15, 0.2) is 30.3 Å². The maximum absolute atomic E-state index is 13.5. The monoisotopic (exact) mass is 268 g/mol. The van der Waals surface area contributed by atoms with Crippen molar-refractivity contribution in [2.45, 2.75) is 18.6 Å². The maximum Gasteiger partial charge on any atom is 0.338 e. The van der Waals surface area contributed by atoms with Crippen LogP contribution in [0.3, 0.4) is 0 Å². The second-order valence-corrected chi connectivity index (χ2v) is 4.01. The number of methoxy groups -OCH3 is 1. The van der Waals surface area contributed by atoms with Gasteiger partial charge in [0.1, 0.15) is 12.7 Å². The van der Waals surface area contributed by atoms with Gasteiger partial charge in [-0.05, 0) is 12.1 Å². The molecule has 1 fully saturated rings. The van der Waals surface area contributed by atoms with Crippen LogP contribution in [0, 0.1) is 0 Å². The fraction of sp³-hybridized carbons (Fsp3) is 0.385. The van der Waals surface area contributed by atoms with E-state index in [-0.39, 0.29) is 6.61 Å². The number of halogens is 1. The van der Waals surface area contributed by atoms with E-state index in [0.29, 0.717) is 5.56 Å². The Hall–Kier alpha value is -1.79. The number of benzene rings is 1. The number of hydrogen-bond donors (Lipinski definition) is 0. The van der Waals surface area contributed by atoms with Gasteiger partial charge >= 0.3 is 5.97 Å². The lowest BCUT2D eigenvalue weighted by Gasteiger charge is -2.12. The summed E-state index contributed by atoms with van der Waals surface area (Å²) in [6.07, 6.45) is -4.19. The lowest BCUT2D eigenvalue weighted by Crippen LogP contribution is -2.28.